The summed E-state index contributed by atoms with van der Waals surface area (Å²) in [4.78, 5) is 4.18. The quantitative estimate of drug-likeness (QED) is 0.313. The Morgan fingerprint density at radius 3 is 2.59 bits per heavy atom. The van der Waals surface area contributed by atoms with Gasteiger partial charge in [-0.05, 0) is 46.0 Å². The molecule has 0 spiro atoms. The first-order chi connectivity index (χ1) is 12.5. The van der Waals surface area contributed by atoms with Crippen LogP contribution in [0.15, 0.2) is 40.0 Å². The van der Waals surface area contributed by atoms with E-state index >= 15 is 0 Å². The van der Waals surface area contributed by atoms with Gasteiger partial charge in [-0.25, -0.2) is 0 Å². The summed E-state index contributed by atoms with van der Waals surface area (Å²) in [6, 6.07) is 7.02. The number of benzene rings is 1. The molecule has 0 saturated carbocycles. The molecule has 1 atom stereocenters. The molecule has 1 aromatic heterocycles. The van der Waals surface area contributed by atoms with Crippen LogP contribution in [0.2, 0.25) is 0 Å². The fraction of sp³-hybridized carbons (Fsp3) is 0.389. The van der Waals surface area contributed by atoms with Crippen LogP contribution >= 0.6 is 35.3 Å². The Morgan fingerprint density at radius 2 is 2.00 bits per heavy atom. The first-order valence-corrected chi connectivity index (χ1v) is 9.06. The van der Waals surface area contributed by atoms with Gasteiger partial charge < -0.3 is 20.1 Å². The number of methoxy groups -OCH3 is 1. The molecule has 9 heteroatoms. The maximum absolute atomic E-state index is 12.5. The van der Waals surface area contributed by atoms with Crippen LogP contribution in [0.3, 0.4) is 0 Å². The lowest BCUT2D eigenvalue weighted by atomic mass is 10.1. The van der Waals surface area contributed by atoms with E-state index in [1.54, 1.807) is 30.5 Å². The Bertz CT molecular complexity index is 715. The SMILES string of the molecule is CN=C(NCc1ccc(OC)c(OC(F)F)c1)NCC(C)c1ccsc1.I. The molecule has 0 aliphatic rings. The summed E-state index contributed by atoms with van der Waals surface area (Å²) in [5, 5.41) is 10.6. The molecule has 0 aliphatic carbocycles. The summed E-state index contributed by atoms with van der Waals surface area (Å²) in [7, 11) is 3.09. The molecular weight excluding hydrogens is 487 g/mol. The lowest BCUT2D eigenvalue weighted by Gasteiger charge is -2.16. The summed E-state index contributed by atoms with van der Waals surface area (Å²) in [5.74, 6) is 1.27. The number of hydrogen-bond acceptors (Lipinski definition) is 4. The lowest BCUT2D eigenvalue weighted by molar-refractivity contribution is -0.0512. The van der Waals surface area contributed by atoms with Crippen molar-refractivity contribution in [3.05, 3.63) is 46.2 Å². The highest BCUT2D eigenvalue weighted by Gasteiger charge is 2.12. The number of alkyl halides is 2. The first-order valence-electron chi connectivity index (χ1n) is 8.11. The second-order valence-electron chi connectivity index (χ2n) is 5.63. The predicted molar refractivity (Wildman–Crippen MR) is 116 cm³/mol. The van der Waals surface area contributed by atoms with Crippen LogP contribution in [-0.4, -0.2) is 33.3 Å². The average Bonchev–Trinajstić information content (AvgIpc) is 3.16. The number of nitrogens with zero attached hydrogens (tertiary/aromatic N) is 1. The van der Waals surface area contributed by atoms with E-state index in [1.165, 1.54) is 18.7 Å². The largest absolute Gasteiger partial charge is 0.493 e. The molecule has 150 valence electrons. The van der Waals surface area contributed by atoms with Gasteiger partial charge in [0, 0.05) is 20.1 Å². The second kappa shape index (κ2) is 12.0. The third-order valence-electron chi connectivity index (χ3n) is 3.82. The molecule has 1 unspecified atom stereocenters. The number of guanidine groups is 1. The molecule has 0 amide bonds. The minimum atomic E-state index is -2.90. The van der Waals surface area contributed by atoms with Gasteiger partial charge in [0.25, 0.3) is 0 Å². The molecular formula is C18H24F2IN3O2S. The van der Waals surface area contributed by atoms with Crippen molar-refractivity contribution in [3.8, 4) is 11.5 Å². The smallest absolute Gasteiger partial charge is 0.387 e. The van der Waals surface area contributed by atoms with Crippen molar-refractivity contribution in [2.24, 2.45) is 4.99 Å². The highest BCUT2D eigenvalue weighted by atomic mass is 127. The van der Waals surface area contributed by atoms with Gasteiger partial charge in [0.05, 0.1) is 7.11 Å². The summed E-state index contributed by atoms with van der Waals surface area (Å²) >= 11 is 1.67. The molecule has 1 aromatic carbocycles. The van der Waals surface area contributed by atoms with Crippen LogP contribution < -0.4 is 20.1 Å². The van der Waals surface area contributed by atoms with E-state index < -0.39 is 6.61 Å². The summed E-state index contributed by atoms with van der Waals surface area (Å²) in [6.07, 6.45) is 0. The van der Waals surface area contributed by atoms with Crippen LogP contribution in [0.5, 0.6) is 11.5 Å². The van der Waals surface area contributed by atoms with Gasteiger partial charge in [-0.2, -0.15) is 20.1 Å². The minimum absolute atomic E-state index is 0. The third-order valence-corrected chi connectivity index (χ3v) is 4.52. The van der Waals surface area contributed by atoms with Crippen molar-refractivity contribution < 1.29 is 18.3 Å². The van der Waals surface area contributed by atoms with Gasteiger partial charge in [0.2, 0.25) is 0 Å². The molecule has 2 aromatic rings. The van der Waals surface area contributed by atoms with Crippen molar-refractivity contribution in [2.75, 3.05) is 20.7 Å². The number of hydrogen-bond donors (Lipinski definition) is 2. The topological polar surface area (TPSA) is 54.9 Å². The predicted octanol–water partition coefficient (Wildman–Crippen LogP) is 4.44. The summed E-state index contributed by atoms with van der Waals surface area (Å²) in [5.41, 5.74) is 2.05. The van der Waals surface area contributed by atoms with E-state index in [2.05, 4.69) is 44.1 Å². The molecule has 0 saturated heterocycles. The van der Waals surface area contributed by atoms with Gasteiger partial charge in [-0.15, -0.1) is 24.0 Å². The first kappa shape index (κ1) is 23.4. The number of halogens is 3. The van der Waals surface area contributed by atoms with Gasteiger partial charge in [0.15, 0.2) is 17.5 Å². The molecule has 27 heavy (non-hydrogen) atoms. The Kier molecular flexibility index (Phi) is 10.4. The van der Waals surface area contributed by atoms with Crippen molar-refractivity contribution in [2.45, 2.75) is 26.0 Å². The highest BCUT2D eigenvalue weighted by Crippen LogP contribution is 2.29. The van der Waals surface area contributed by atoms with Crippen LogP contribution in [-0.2, 0) is 6.54 Å². The number of aliphatic imine (C=N–C) groups is 1. The van der Waals surface area contributed by atoms with Crippen molar-refractivity contribution in [1.82, 2.24) is 10.6 Å². The molecule has 5 nitrogen and oxygen atoms in total. The normalized spacial score (nSPS) is 12.3. The number of rotatable bonds is 8. The molecule has 0 fully saturated rings. The van der Waals surface area contributed by atoms with Crippen LogP contribution in [0, 0.1) is 0 Å². The second-order valence-corrected chi connectivity index (χ2v) is 6.41. The Balaban J connectivity index is 0.00000364. The lowest BCUT2D eigenvalue weighted by Crippen LogP contribution is -2.38. The van der Waals surface area contributed by atoms with Crippen molar-refractivity contribution in [1.29, 1.82) is 0 Å². The molecule has 1 heterocycles. The van der Waals surface area contributed by atoms with Gasteiger partial charge in [0.1, 0.15) is 0 Å². The Morgan fingerprint density at radius 1 is 1.22 bits per heavy atom. The van der Waals surface area contributed by atoms with Crippen LogP contribution in [0.25, 0.3) is 0 Å². The fourth-order valence-corrected chi connectivity index (χ4v) is 3.13. The standard InChI is InChI=1S/C18H23F2N3O2S.HI/c1-12(14-6-7-26-11-14)9-22-18(21-2)23-10-13-4-5-15(24-3)16(8-13)25-17(19)20;/h4-8,11-12,17H,9-10H2,1-3H3,(H2,21,22,23);1H. The van der Waals surface area contributed by atoms with E-state index in [0.29, 0.717) is 18.4 Å². The third kappa shape index (κ3) is 7.49. The number of nitrogens with one attached hydrogen (secondary N) is 2. The van der Waals surface area contributed by atoms with E-state index in [4.69, 9.17) is 4.74 Å². The monoisotopic (exact) mass is 511 g/mol. The molecule has 0 aliphatic heterocycles. The zero-order chi connectivity index (χ0) is 18.9. The maximum atomic E-state index is 12.5. The van der Waals surface area contributed by atoms with E-state index in [0.717, 1.165) is 12.1 Å². The fourth-order valence-electron chi connectivity index (χ4n) is 2.35. The van der Waals surface area contributed by atoms with Crippen LogP contribution in [0.4, 0.5) is 8.78 Å². The number of ether oxygens (including phenoxy) is 2. The summed E-state index contributed by atoms with van der Waals surface area (Å²) < 4.78 is 34.5. The average molecular weight is 511 g/mol. The molecule has 2 rings (SSSR count). The van der Waals surface area contributed by atoms with E-state index in [1.807, 2.05) is 0 Å². The highest BCUT2D eigenvalue weighted by molar-refractivity contribution is 14.0. The maximum Gasteiger partial charge on any atom is 0.387 e. The van der Waals surface area contributed by atoms with Crippen molar-refractivity contribution >= 4 is 41.3 Å². The Hall–Kier alpha value is -1.62. The van der Waals surface area contributed by atoms with E-state index in [-0.39, 0.29) is 35.5 Å². The zero-order valence-corrected chi connectivity index (χ0v) is 18.5. The van der Waals surface area contributed by atoms with Gasteiger partial charge in [-0.1, -0.05) is 13.0 Å². The van der Waals surface area contributed by atoms with Crippen LogP contribution in [0.1, 0.15) is 24.0 Å². The van der Waals surface area contributed by atoms with Gasteiger partial charge >= 0.3 is 6.61 Å². The molecule has 0 radical (unpaired) electrons. The minimum Gasteiger partial charge on any atom is -0.493 e. The Labute approximate surface area is 179 Å². The van der Waals surface area contributed by atoms with E-state index in [9.17, 15) is 8.78 Å². The molecule has 0 bridgehead atoms. The number of thiophene rings is 1. The molecule has 2 N–H and O–H groups in total. The van der Waals surface area contributed by atoms with Crippen molar-refractivity contribution in [3.63, 3.8) is 0 Å². The zero-order valence-electron chi connectivity index (χ0n) is 15.4. The van der Waals surface area contributed by atoms with Gasteiger partial charge in [-0.3, -0.25) is 4.99 Å². The summed E-state index contributed by atoms with van der Waals surface area (Å²) in [6.45, 7) is 0.384.